The molecule has 0 aromatic carbocycles. The van der Waals surface area contributed by atoms with Gasteiger partial charge in [0, 0.05) is 7.06 Å². The molecule has 22 heteroatoms. The van der Waals surface area contributed by atoms with Gasteiger partial charge >= 0.3 is 47.8 Å². The smallest absolute Gasteiger partial charge is 0.356 e. The van der Waals surface area contributed by atoms with E-state index in [0.29, 0.717) is 14.1 Å². The molecule has 0 unspecified atom stereocenters. The third-order valence-corrected chi connectivity index (χ3v) is 2.54. The zero-order valence-corrected chi connectivity index (χ0v) is 10.7. The second kappa shape index (κ2) is 10.8. The lowest BCUT2D eigenvalue weighted by Gasteiger charge is -2.13. The third-order valence-electron chi connectivity index (χ3n) is 2.54. The quantitative estimate of drug-likeness (QED) is 0.277. The summed E-state index contributed by atoms with van der Waals surface area (Å²) < 4.78 is 126. The van der Waals surface area contributed by atoms with Crippen LogP contribution in [-0.2, 0) is 0 Å². The second-order valence-corrected chi connectivity index (χ2v) is 4.15. The highest BCUT2D eigenvalue weighted by Crippen LogP contribution is 2.14. The number of hydrogen-bond donors (Lipinski definition) is 0. The molecule has 0 spiro atoms. The van der Waals surface area contributed by atoms with Gasteiger partial charge in [-0.05, 0) is 0 Å². The molecule has 0 atom stereocenters. The minimum absolute atomic E-state index is 0.0850. The molecule has 0 heterocycles. The molecule has 22 heavy (non-hydrogen) atoms. The molecule has 0 aliphatic heterocycles. The summed E-state index contributed by atoms with van der Waals surface area (Å²) in [5.41, 5.74) is 0. The summed E-state index contributed by atoms with van der Waals surface area (Å²) in [6.45, 7) is -24.7. The molecule has 0 aromatic heterocycles. The molecule has 4 radical (unpaired) electrons. The summed E-state index contributed by atoms with van der Waals surface area (Å²) in [6, 6.07) is 0. The van der Waals surface area contributed by atoms with Gasteiger partial charge in [-0.3, -0.25) is 8.63 Å². The summed E-state index contributed by atoms with van der Waals surface area (Å²) in [5.74, 6) is 0. The minimum atomic E-state index is -4.00. The van der Waals surface area contributed by atoms with E-state index in [4.69, 9.17) is 0 Å². The van der Waals surface area contributed by atoms with Crippen LogP contribution in [0.2, 0.25) is 0 Å². The van der Waals surface area contributed by atoms with Crippen molar-refractivity contribution in [1.29, 1.82) is 0 Å². The van der Waals surface area contributed by atoms with Crippen LogP contribution in [0, 0.1) is 0 Å². The van der Waals surface area contributed by atoms with Crippen molar-refractivity contribution in [2.75, 3.05) is 0 Å². The third kappa shape index (κ3) is 6.68. The first kappa shape index (κ1) is 22.1. The van der Waals surface area contributed by atoms with Crippen molar-refractivity contribution < 1.29 is 43.2 Å². The van der Waals surface area contributed by atoms with E-state index in [1.165, 1.54) is 0 Å². The van der Waals surface area contributed by atoms with Crippen LogP contribution in [-0.4, -0.2) is 83.2 Å². The van der Waals surface area contributed by atoms with E-state index in [9.17, 15) is 43.2 Å². The molecular formula is B12F10. The van der Waals surface area contributed by atoms with E-state index >= 15 is 0 Å². The van der Waals surface area contributed by atoms with Gasteiger partial charge in [-0.15, -0.1) is 0 Å². The van der Waals surface area contributed by atoms with Crippen LogP contribution in [0.3, 0.4) is 0 Å². The number of hydrogen-bond acceptors (Lipinski definition) is 0. The summed E-state index contributed by atoms with van der Waals surface area (Å²) in [5, 5.41) is 0. The molecule has 0 aliphatic rings. The Morgan fingerprint density at radius 1 is 0.500 bits per heavy atom. The Morgan fingerprint density at radius 2 is 0.909 bits per heavy atom. The topological polar surface area (TPSA) is 0 Å². The summed E-state index contributed by atoms with van der Waals surface area (Å²) in [7, 11) is -2.65. The normalized spacial score (nSPS) is 9.36. The molecular weight excluding hydrogens is 320 g/mol. The van der Waals surface area contributed by atoms with Crippen LogP contribution in [0.15, 0.2) is 0 Å². The Labute approximate surface area is 127 Å². The van der Waals surface area contributed by atoms with Gasteiger partial charge in [0.25, 0.3) is 14.2 Å². The molecule has 106 valence electrons. The van der Waals surface area contributed by atoms with E-state index in [-0.39, 0.29) is 14.5 Å². The van der Waals surface area contributed by atoms with Gasteiger partial charge in [0.2, 0.25) is 0 Å². The van der Waals surface area contributed by atoms with Crippen molar-refractivity contribution in [2.24, 2.45) is 0 Å². The van der Waals surface area contributed by atoms with Crippen molar-refractivity contribution in [3.8, 4) is 0 Å². The fraction of sp³-hybridized carbons (Fsp3) is 0. The molecule has 0 aromatic rings. The van der Waals surface area contributed by atoms with E-state index in [2.05, 4.69) is 0 Å². The molecule has 0 rings (SSSR count). The van der Waals surface area contributed by atoms with Gasteiger partial charge in [-0.1, -0.05) is 0 Å². The zero-order valence-electron chi connectivity index (χ0n) is 10.7. The molecule has 0 nitrogen and oxygen atoms in total. The van der Waals surface area contributed by atoms with Crippen molar-refractivity contribution in [2.45, 2.75) is 0 Å². The first-order chi connectivity index (χ1) is 10.1. The standard InChI is InChI=1S/B12F10/c13-4-2-1-3-5(14)6(15)7(16)8(17)9(18)10(19)11(20)12(21)22. The second-order valence-electron chi connectivity index (χ2n) is 4.15. The highest BCUT2D eigenvalue weighted by atomic mass is 19.2. The predicted octanol–water partition coefficient (Wildman–Crippen LogP) is -0.368. The largest absolute Gasteiger partial charge is 0.529 e. The Hall–Kier alpha value is 0.0792. The average Bonchev–Trinajstić information content (AvgIpc) is 2.50. The van der Waals surface area contributed by atoms with Crippen LogP contribution in [0.1, 0.15) is 0 Å². The maximum atomic E-state index is 13.2. The Morgan fingerprint density at radius 3 is 1.32 bits per heavy atom. The minimum Gasteiger partial charge on any atom is -0.356 e. The van der Waals surface area contributed by atoms with Crippen LogP contribution in [0.5, 0.6) is 0 Å². The molecule has 0 bridgehead atoms. The molecule has 0 fully saturated rings. The Bertz CT molecular complexity index is 289. The summed E-state index contributed by atoms with van der Waals surface area (Å²) >= 11 is 0. The van der Waals surface area contributed by atoms with Crippen LogP contribution >= 0.6 is 0 Å². The highest BCUT2D eigenvalue weighted by molar-refractivity contribution is 7.84. The van der Waals surface area contributed by atoms with Crippen molar-refractivity contribution >= 4 is 83.2 Å². The van der Waals surface area contributed by atoms with Crippen molar-refractivity contribution in [1.82, 2.24) is 0 Å². The van der Waals surface area contributed by atoms with Crippen LogP contribution < -0.4 is 0 Å². The summed E-state index contributed by atoms with van der Waals surface area (Å²) in [4.78, 5) is 0. The maximum absolute atomic E-state index is 13.2. The van der Waals surface area contributed by atoms with E-state index < -0.39 is 54.6 Å². The van der Waals surface area contributed by atoms with Crippen molar-refractivity contribution in [3.63, 3.8) is 0 Å². The highest BCUT2D eigenvalue weighted by Gasteiger charge is 2.62. The lowest BCUT2D eigenvalue weighted by molar-refractivity contribution is 0.678. The van der Waals surface area contributed by atoms with Gasteiger partial charge in [0.05, 0.1) is 14.1 Å². The fourth-order valence-corrected chi connectivity index (χ4v) is 1.34. The Kier molecular flexibility index (Phi) is 10.8. The molecule has 0 saturated carbocycles. The first-order valence-corrected chi connectivity index (χ1v) is 5.85. The first-order valence-electron chi connectivity index (χ1n) is 5.85. The van der Waals surface area contributed by atoms with Gasteiger partial charge < -0.3 is 34.5 Å². The Balaban J connectivity index is 4.58. The number of halogens is 10. The number of rotatable bonds is 11. The van der Waals surface area contributed by atoms with Crippen LogP contribution in [0.25, 0.3) is 0 Å². The zero-order chi connectivity index (χ0) is 17.4. The lowest BCUT2D eigenvalue weighted by atomic mass is 8.79. The molecule has 0 N–H and O–H groups in total. The lowest BCUT2D eigenvalue weighted by Crippen LogP contribution is -2.62. The monoisotopic (exact) mass is 322 g/mol. The van der Waals surface area contributed by atoms with Gasteiger partial charge in [-0.25, -0.2) is 0 Å². The average molecular weight is 320 g/mol. The maximum Gasteiger partial charge on any atom is 0.529 e. The fourth-order valence-electron chi connectivity index (χ4n) is 1.34. The van der Waals surface area contributed by atoms with E-state index in [1.54, 1.807) is 0 Å². The van der Waals surface area contributed by atoms with Gasteiger partial charge in [-0.2, -0.15) is 0 Å². The van der Waals surface area contributed by atoms with Gasteiger partial charge in [0.15, 0.2) is 0 Å². The molecule has 0 aliphatic carbocycles. The van der Waals surface area contributed by atoms with E-state index in [1.807, 2.05) is 0 Å². The van der Waals surface area contributed by atoms with Crippen molar-refractivity contribution in [3.05, 3.63) is 0 Å². The van der Waals surface area contributed by atoms with E-state index in [0.717, 1.165) is 0 Å². The summed E-state index contributed by atoms with van der Waals surface area (Å²) in [6.07, 6.45) is 0. The molecule has 0 saturated heterocycles. The van der Waals surface area contributed by atoms with Crippen LogP contribution in [0.4, 0.5) is 43.2 Å². The SMILES string of the molecule is F[B][B][B][B]B(F)B(F)B(F)B(F)B(F)B(F)B(F)B(F)F. The predicted molar refractivity (Wildman–Crippen MR) is 80.1 cm³/mol. The van der Waals surface area contributed by atoms with Gasteiger partial charge in [0.1, 0.15) is 0 Å². The molecule has 0 amide bonds.